The standard InChI is InChI=1S/C11H8O3/c12-11(13)10-6-9(7-14-10)8-4-2-1-3-5-8/h1-7H,(H,12,13)/p-1. The van der Waals surface area contributed by atoms with Crippen LogP contribution in [-0.4, -0.2) is 5.97 Å². The number of hydrogen-bond acceptors (Lipinski definition) is 3. The van der Waals surface area contributed by atoms with Crippen LogP contribution >= 0.6 is 0 Å². The van der Waals surface area contributed by atoms with Crippen molar-refractivity contribution >= 4 is 5.97 Å². The maximum absolute atomic E-state index is 10.4. The van der Waals surface area contributed by atoms with Crippen molar-refractivity contribution in [2.75, 3.05) is 0 Å². The Morgan fingerprint density at radius 1 is 1.14 bits per heavy atom. The summed E-state index contributed by atoms with van der Waals surface area (Å²) < 4.78 is 4.82. The van der Waals surface area contributed by atoms with Gasteiger partial charge in [0.15, 0.2) is 0 Å². The lowest BCUT2D eigenvalue weighted by Gasteiger charge is -1.94. The second-order valence-electron chi connectivity index (χ2n) is 2.85. The molecule has 0 bridgehead atoms. The number of furan rings is 1. The van der Waals surface area contributed by atoms with Crippen molar-refractivity contribution in [1.29, 1.82) is 0 Å². The van der Waals surface area contributed by atoms with Gasteiger partial charge in [0.25, 0.3) is 0 Å². The van der Waals surface area contributed by atoms with Crippen LogP contribution < -0.4 is 5.11 Å². The van der Waals surface area contributed by atoms with Crippen molar-refractivity contribution in [3.05, 3.63) is 48.4 Å². The van der Waals surface area contributed by atoms with Crippen molar-refractivity contribution in [2.24, 2.45) is 0 Å². The molecule has 1 heterocycles. The van der Waals surface area contributed by atoms with Crippen molar-refractivity contribution in [3.63, 3.8) is 0 Å². The maximum atomic E-state index is 10.4. The molecule has 0 N–H and O–H groups in total. The topological polar surface area (TPSA) is 53.3 Å². The molecule has 0 amide bonds. The zero-order valence-electron chi connectivity index (χ0n) is 7.27. The molecule has 0 saturated heterocycles. The lowest BCUT2D eigenvalue weighted by atomic mass is 10.1. The smallest absolute Gasteiger partial charge is 0.149 e. The summed E-state index contributed by atoms with van der Waals surface area (Å²) in [5.41, 5.74) is 1.66. The summed E-state index contributed by atoms with van der Waals surface area (Å²) in [7, 11) is 0. The number of carboxylic acids is 1. The zero-order chi connectivity index (χ0) is 9.97. The predicted molar refractivity (Wildman–Crippen MR) is 48.5 cm³/mol. The van der Waals surface area contributed by atoms with E-state index in [1.165, 1.54) is 12.3 Å². The lowest BCUT2D eigenvalue weighted by molar-refractivity contribution is -0.257. The van der Waals surface area contributed by atoms with Crippen LogP contribution in [-0.2, 0) is 0 Å². The molecule has 14 heavy (non-hydrogen) atoms. The monoisotopic (exact) mass is 187 g/mol. The fourth-order valence-corrected chi connectivity index (χ4v) is 1.23. The Bertz CT molecular complexity index is 443. The van der Waals surface area contributed by atoms with E-state index in [1.807, 2.05) is 30.3 Å². The van der Waals surface area contributed by atoms with Gasteiger partial charge in [0.2, 0.25) is 0 Å². The van der Waals surface area contributed by atoms with Gasteiger partial charge in [-0.3, -0.25) is 0 Å². The van der Waals surface area contributed by atoms with Crippen LogP contribution in [0.2, 0.25) is 0 Å². The van der Waals surface area contributed by atoms with Gasteiger partial charge >= 0.3 is 0 Å². The third-order valence-corrected chi connectivity index (χ3v) is 1.91. The van der Waals surface area contributed by atoms with E-state index in [-0.39, 0.29) is 5.76 Å². The van der Waals surface area contributed by atoms with E-state index in [1.54, 1.807) is 0 Å². The largest absolute Gasteiger partial charge is 0.542 e. The summed E-state index contributed by atoms with van der Waals surface area (Å²) in [4.78, 5) is 10.4. The summed E-state index contributed by atoms with van der Waals surface area (Å²) in [6, 6.07) is 10.9. The van der Waals surface area contributed by atoms with E-state index in [0.29, 0.717) is 0 Å². The lowest BCUT2D eigenvalue weighted by Crippen LogP contribution is -2.21. The fourth-order valence-electron chi connectivity index (χ4n) is 1.23. The van der Waals surface area contributed by atoms with Crippen LogP contribution in [0.1, 0.15) is 10.6 Å². The highest BCUT2D eigenvalue weighted by molar-refractivity contribution is 5.84. The molecule has 0 saturated carbocycles. The number of hydrogen-bond donors (Lipinski definition) is 0. The summed E-state index contributed by atoms with van der Waals surface area (Å²) in [6.45, 7) is 0. The quantitative estimate of drug-likeness (QED) is 0.712. The summed E-state index contributed by atoms with van der Waals surface area (Å²) in [5.74, 6) is -1.45. The van der Waals surface area contributed by atoms with Gasteiger partial charge in [-0.05, 0) is 11.6 Å². The average Bonchev–Trinajstić information content (AvgIpc) is 2.68. The van der Waals surface area contributed by atoms with E-state index in [4.69, 9.17) is 4.42 Å². The summed E-state index contributed by atoms with van der Waals surface area (Å²) >= 11 is 0. The number of rotatable bonds is 2. The van der Waals surface area contributed by atoms with Crippen molar-refractivity contribution < 1.29 is 14.3 Å². The van der Waals surface area contributed by atoms with E-state index >= 15 is 0 Å². The molecule has 0 aliphatic heterocycles. The Kier molecular flexibility index (Phi) is 2.07. The van der Waals surface area contributed by atoms with E-state index in [0.717, 1.165) is 11.1 Å². The molecule has 3 heteroatoms. The molecule has 1 aromatic heterocycles. The number of benzene rings is 1. The van der Waals surface area contributed by atoms with Gasteiger partial charge in [0.05, 0.1) is 6.26 Å². The van der Waals surface area contributed by atoms with E-state index < -0.39 is 5.97 Å². The first kappa shape index (κ1) is 8.56. The highest BCUT2D eigenvalue weighted by atomic mass is 16.4. The second-order valence-corrected chi connectivity index (χ2v) is 2.85. The fraction of sp³-hybridized carbons (Fsp3) is 0. The zero-order valence-corrected chi connectivity index (χ0v) is 7.27. The van der Waals surface area contributed by atoms with Crippen LogP contribution in [0.4, 0.5) is 0 Å². The molecule has 0 atom stereocenters. The molecule has 0 radical (unpaired) electrons. The minimum atomic E-state index is -1.30. The maximum Gasteiger partial charge on any atom is 0.149 e. The third kappa shape index (κ3) is 1.52. The molecule has 0 aliphatic rings. The van der Waals surface area contributed by atoms with Crippen LogP contribution in [0, 0.1) is 0 Å². The molecule has 70 valence electrons. The minimum Gasteiger partial charge on any atom is -0.542 e. The van der Waals surface area contributed by atoms with Crippen LogP contribution in [0.25, 0.3) is 11.1 Å². The predicted octanol–water partition coefficient (Wildman–Crippen LogP) is 1.31. The first-order valence-electron chi connectivity index (χ1n) is 4.12. The van der Waals surface area contributed by atoms with Gasteiger partial charge < -0.3 is 14.3 Å². The summed E-state index contributed by atoms with van der Waals surface area (Å²) in [5, 5.41) is 10.4. The molecular formula is C11H7O3-. The van der Waals surface area contributed by atoms with Gasteiger partial charge in [-0.15, -0.1) is 0 Å². The molecule has 2 rings (SSSR count). The van der Waals surface area contributed by atoms with E-state index in [2.05, 4.69) is 0 Å². The van der Waals surface area contributed by atoms with Crippen LogP contribution in [0.5, 0.6) is 0 Å². The van der Waals surface area contributed by atoms with Crippen molar-refractivity contribution in [3.8, 4) is 11.1 Å². The van der Waals surface area contributed by atoms with Crippen LogP contribution in [0.3, 0.4) is 0 Å². The Morgan fingerprint density at radius 3 is 2.43 bits per heavy atom. The van der Waals surface area contributed by atoms with Gasteiger partial charge in [0.1, 0.15) is 11.7 Å². The second kappa shape index (κ2) is 3.38. The van der Waals surface area contributed by atoms with Gasteiger partial charge in [-0.2, -0.15) is 0 Å². The average molecular weight is 187 g/mol. The number of aromatic carboxylic acids is 1. The Labute approximate surface area is 80.6 Å². The molecule has 3 nitrogen and oxygen atoms in total. The van der Waals surface area contributed by atoms with Crippen molar-refractivity contribution in [2.45, 2.75) is 0 Å². The van der Waals surface area contributed by atoms with E-state index in [9.17, 15) is 9.90 Å². The van der Waals surface area contributed by atoms with Gasteiger partial charge in [-0.25, -0.2) is 0 Å². The molecule has 1 aromatic carbocycles. The third-order valence-electron chi connectivity index (χ3n) is 1.91. The molecule has 0 fully saturated rings. The number of carbonyl (C=O) groups is 1. The normalized spacial score (nSPS) is 10.0. The minimum absolute atomic E-state index is 0.149. The van der Waals surface area contributed by atoms with Crippen molar-refractivity contribution in [1.82, 2.24) is 0 Å². The number of carboxylic acid groups (broad SMARTS) is 1. The Morgan fingerprint density at radius 2 is 1.86 bits per heavy atom. The Hall–Kier alpha value is -2.03. The molecule has 0 unspecified atom stereocenters. The molecule has 2 aromatic rings. The SMILES string of the molecule is O=C([O-])c1cc(-c2ccccc2)co1. The summed E-state index contributed by atoms with van der Waals surface area (Å²) in [6.07, 6.45) is 1.40. The van der Waals surface area contributed by atoms with Gasteiger partial charge in [0, 0.05) is 5.56 Å². The highest BCUT2D eigenvalue weighted by Gasteiger charge is 2.03. The molecule has 0 spiro atoms. The van der Waals surface area contributed by atoms with Gasteiger partial charge in [-0.1, -0.05) is 30.3 Å². The number of carbonyl (C=O) groups excluding carboxylic acids is 1. The molecule has 0 aliphatic carbocycles. The molecular weight excluding hydrogens is 180 g/mol. The highest BCUT2D eigenvalue weighted by Crippen LogP contribution is 2.21. The first-order chi connectivity index (χ1) is 6.77. The van der Waals surface area contributed by atoms with Crippen LogP contribution in [0.15, 0.2) is 47.1 Å². The first-order valence-corrected chi connectivity index (χ1v) is 4.12. The Balaban J connectivity index is 2.39.